The predicted molar refractivity (Wildman–Crippen MR) is 75.9 cm³/mol. The highest BCUT2D eigenvalue weighted by atomic mass is 16.3. The van der Waals surface area contributed by atoms with E-state index in [0.717, 1.165) is 32.1 Å². The Morgan fingerprint density at radius 1 is 1.32 bits per heavy atom. The second kappa shape index (κ2) is 6.71. The second-order valence-corrected chi connectivity index (χ2v) is 5.45. The number of hydrogen-bond donors (Lipinski definition) is 2. The van der Waals surface area contributed by atoms with Crippen LogP contribution in [0.1, 0.15) is 43.2 Å². The zero-order valence-corrected chi connectivity index (χ0v) is 11.6. The molecule has 1 saturated carbocycles. The van der Waals surface area contributed by atoms with Gasteiger partial charge in [-0.05, 0) is 37.3 Å². The zero-order valence-electron chi connectivity index (χ0n) is 11.6. The van der Waals surface area contributed by atoms with E-state index in [1.807, 2.05) is 12.1 Å². The summed E-state index contributed by atoms with van der Waals surface area (Å²) in [7, 11) is 0. The molecule has 2 atom stereocenters. The van der Waals surface area contributed by atoms with Crippen LogP contribution >= 0.6 is 0 Å². The molecule has 1 fully saturated rings. The third-order valence-corrected chi connectivity index (χ3v) is 3.96. The Morgan fingerprint density at radius 3 is 2.79 bits per heavy atom. The number of rotatable bonds is 4. The van der Waals surface area contributed by atoms with Crippen molar-refractivity contribution in [2.75, 3.05) is 0 Å². The van der Waals surface area contributed by atoms with Gasteiger partial charge in [-0.15, -0.1) is 0 Å². The van der Waals surface area contributed by atoms with Gasteiger partial charge in [0.1, 0.15) is 0 Å². The molecule has 3 heteroatoms. The summed E-state index contributed by atoms with van der Waals surface area (Å²) >= 11 is 0. The molecule has 1 amide bonds. The number of aliphatic hydroxyl groups is 1. The van der Waals surface area contributed by atoms with Crippen molar-refractivity contribution in [2.45, 2.75) is 57.6 Å². The summed E-state index contributed by atoms with van der Waals surface area (Å²) in [5, 5.41) is 12.8. The van der Waals surface area contributed by atoms with Crippen LogP contribution in [0.5, 0.6) is 0 Å². The van der Waals surface area contributed by atoms with E-state index in [2.05, 4.69) is 24.4 Å². The molecule has 1 aliphatic carbocycles. The molecule has 1 aliphatic rings. The molecule has 0 spiro atoms. The first-order valence-electron chi connectivity index (χ1n) is 7.19. The van der Waals surface area contributed by atoms with Gasteiger partial charge >= 0.3 is 0 Å². The molecule has 2 N–H and O–H groups in total. The van der Waals surface area contributed by atoms with Gasteiger partial charge in [-0.25, -0.2) is 0 Å². The molecule has 3 nitrogen and oxygen atoms in total. The standard InChI is InChI=1S/C16H23NO2/c1-12-6-2-3-7-13(12)10-11-16(19)17-14-8-4-5-9-15(14)18/h2-3,6-7,14-15,18H,4-5,8-11H2,1H3,(H,17,19). The first-order chi connectivity index (χ1) is 9.16. The van der Waals surface area contributed by atoms with Crippen LogP contribution in [0.3, 0.4) is 0 Å². The van der Waals surface area contributed by atoms with Crippen LogP contribution in [-0.4, -0.2) is 23.2 Å². The van der Waals surface area contributed by atoms with Crippen molar-refractivity contribution in [2.24, 2.45) is 0 Å². The van der Waals surface area contributed by atoms with Crippen molar-refractivity contribution < 1.29 is 9.90 Å². The van der Waals surface area contributed by atoms with E-state index in [4.69, 9.17) is 0 Å². The Balaban J connectivity index is 1.80. The lowest BCUT2D eigenvalue weighted by atomic mass is 9.92. The maximum atomic E-state index is 11.9. The van der Waals surface area contributed by atoms with Crippen molar-refractivity contribution in [3.8, 4) is 0 Å². The van der Waals surface area contributed by atoms with Gasteiger partial charge in [-0.3, -0.25) is 4.79 Å². The van der Waals surface area contributed by atoms with Gasteiger partial charge in [0.15, 0.2) is 0 Å². The Morgan fingerprint density at radius 2 is 2.05 bits per heavy atom. The smallest absolute Gasteiger partial charge is 0.220 e. The lowest BCUT2D eigenvalue weighted by molar-refractivity contribution is -0.123. The highest BCUT2D eigenvalue weighted by molar-refractivity contribution is 5.76. The molecule has 1 aromatic rings. The summed E-state index contributed by atoms with van der Waals surface area (Å²) in [4.78, 5) is 11.9. The molecular formula is C16H23NO2. The number of benzene rings is 1. The van der Waals surface area contributed by atoms with Gasteiger partial charge in [-0.2, -0.15) is 0 Å². The molecule has 104 valence electrons. The average Bonchev–Trinajstić information content (AvgIpc) is 2.40. The lowest BCUT2D eigenvalue weighted by Gasteiger charge is -2.28. The summed E-state index contributed by atoms with van der Waals surface area (Å²) in [5.74, 6) is 0.0502. The van der Waals surface area contributed by atoms with E-state index in [9.17, 15) is 9.90 Å². The van der Waals surface area contributed by atoms with Crippen molar-refractivity contribution in [1.29, 1.82) is 0 Å². The fourth-order valence-electron chi connectivity index (χ4n) is 2.70. The van der Waals surface area contributed by atoms with E-state index >= 15 is 0 Å². The van der Waals surface area contributed by atoms with Gasteiger partial charge in [0.25, 0.3) is 0 Å². The van der Waals surface area contributed by atoms with Crippen LogP contribution in [0.25, 0.3) is 0 Å². The molecule has 0 aromatic heterocycles. The van der Waals surface area contributed by atoms with Gasteiger partial charge in [0.05, 0.1) is 12.1 Å². The first-order valence-corrected chi connectivity index (χ1v) is 7.19. The summed E-state index contributed by atoms with van der Waals surface area (Å²) in [6.07, 6.45) is 4.77. The van der Waals surface area contributed by atoms with Crippen molar-refractivity contribution in [1.82, 2.24) is 5.32 Å². The van der Waals surface area contributed by atoms with Crippen LogP contribution in [-0.2, 0) is 11.2 Å². The molecule has 1 aromatic carbocycles. The van der Waals surface area contributed by atoms with Gasteiger partial charge < -0.3 is 10.4 Å². The molecule has 2 rings (SSSR count). The fraction of sp³-hybridized carbons (Fsp3) is 0.562. The average molecular weight is 261 g/mol. The maximum Gasteiger partial charge on any atom is 0.220 e. The van der Waals surface area contributed by atoms with Crippen LogP contribution < -0.4 is 5.32 Å². The van der Waals surface area contributed by atoms with E-state index in [-0.39, 0.29) is 18.1 Å². The minimum absolute atomic E-state index is 0.0434. The molecular weight excluding hydrogens is 238 g/mol. The third-order valence-electron chi connectivity index (χ3n) is 3.96. The van der Waals surface area contributed by atoms with Crippen molar-refractivity contribution in [3.63, 3.8) is 0 Å². The van der Waals surface area contributed by atoms with E-state index in [1.54, 1.807) is 0 Å². The number of amides is 1. The SMILES string of the molecule is Cc1ccccc1CCC(=O)NC1CCCCC1O. The van der Waals surface area contributed by atoms with Gasteiger partial charge in [0.2, 0.25) is 5.91 Å². The summed E-state index contributed by atoms with van der Waals surface area (Å²) in [6.45, 7) is 2.07. The highest BCUT2D eigenvalue weighted by Gasteiger charge is 2.24. The predicted octanol–water partition coefficient (Wildman–Crippen LogP) is 2.35. The Labute approximate surface area is 115 Å². The van der Waals surface area contributed by atoms with E-state index in [1.165, 1.54) is 11.1 Å². The van der Waals surface area contributed by atoms with Gasteiger partial charge in [-0.1, -0.05) is 37.1 Å². The van der Waals surface area contributed by atoms with Crippen molar-refractivity contribution in [3.05, 3.63) is 35.4 Å². The number of nitrogens with one attached hydrogen (secondary N) is 1. The second-order valence-electron chi connectivity index (χ2n) is 5.45. The quantitative estimate of drug-likeness (QED) is 0.874. The molecule has 0 bridgehead atoms. The summed E-state index contributed by atoms with van der Waals surface area (Å²) in [5.41, 5.74) is 2.45. The maximum absolute atomic E-state index is 11.9. The third kappa shape index (κ3) is 4.06. The van der Waals surface area contributed by atoms with E-state index in [0.29, 0.717) is 6.42 Å². The van der Waals surface area contributed by atoms with Gasteiger partial charge in [0, 0.05) is 6.42 Å². The number of carbonyl (C=O) groups is 1. The molecule has 2 unspecified atom stereocenters. The van der Waals surface area contributed by atoms with E-state index < -0.39 is 0 Å². The van der Waals surface area contributed by atoms with Crippen LogP contribution in [0, 0.1) is 6.92 Å². The van der Waals surface area contributed by atoms with Crippen LogP contribution in [0.2, 0.25) is 0 Å². The lowest BCUT2D eigenvalue weighted by Crippen LogP contribution is -2.45. The number of carbonyl (C=O) groups excluding carboxylic acids is 1. The van der Waals surface area contributed by atoms with Crippen molar-refractivity contribution >= 4 is 5.91 Å². The molecule has 0 heterocycles. The van der Waals surface area contributed by atoms with Crippen LogP contribution in [0.15, 0.2) is 24.3 Å². The number of aryl methyl sites for hydroxylation is 2. The fourth-order valence-corrected chi connectivity index (χ4v) is 2.70. The monoisotopic (exact) mass is 261 g/mol. The number of hydrogen-bond acceptors (Lipinski definition) is 2. The largest absolute Gasteiger partial charge is 0.391 e. The first kappa shape index (κ1) is 14.1. The molecule has 0 aliphatic heterocycles. The Kier molecular flexibility index (Phi) is 4.97. The summed E-state index contributed by atoms with van der Waals surface area (Å²) in [6, 6.07) is 8.11. The highest BCUT2D eigenvalue weighted by Crippen LogP contribution is 2.18. The molecule has 0 radical (unpaired) electrons. The normalized spacial score (nSPS) is 23.1. The minimum atomic E-state index is -0.365. The number of aliphatic hydroxyl groups excluding tert-OH is 1. The Hall–Kier alpha value is -1.35. The zero-order chi connectivity index (χ0) is 13.7. The Bertz CT molecular complexity index is 431. The molecule has 19 heavy (non-hydrogen) atoms. The summed E-state index contributed by atoms with van der Waals surface area (Å²) < 4.78 is 0. The molecule has 0 saturated heterocycles. The topological polar surface area (TPSA) is 49.3 Å². The van der Waals surface area contributed by atoms with Crippen LogP contribution in [0.4, 0.5) is 0 Å². The minimum Gasteiger partial charge on any atom is -0.391 e.